The highest BCUT2D eigenvalue weighted by Gasteiger charge is 2.17. The summed E-state index contributed by atoms with van der Waals surface area (Å²) in [5.41, 5.74) is 3.79. The number of likely N-dealkylation sites (tertiary alicyclic amines) is 1. The molecular formula is C20H25ClN2. The molecule has 3 rings (SSSR count). The van der Waals surface area contributed by atoms with E-state index in [0.29, 0.717) is 5.92 Å². The van der Waals surface area contributed by atoms with E-state index in [1.807, 2.05) is 18.3 Å². The Balaban J connectivity index is 1.79. The first-order valence-electron chi connectivity index (χ1n) is 8.63. The van der Waals surface area contributed by atoms with Gasteiger partial charge in [0.2, 0.25) is 0 Å². The number of aryl methyl sites for hydroxylation is 1. The van der Waals surface area contributed by atoms with E-state index in [-0.39, 0.29) is 0 Å². The standard InChI is InChI=1S/C20H25ClN2/c1-16-15-18(9-11-22-16)20(17-5-7-19(21)8-6-17)10-14-23-12-3-2-4-13-23/h5-9,11,15,20H,2-4,10,12-14H2,1H3. The minimum Gasteiger partial charge on any atom is -0.303 e. The number of rotatable bonds is 5. The summed E-state index contributed by atoms with van der Waals surface area (Å²) in [7, 11) is 0. The number of pyridine rings is 1. The van der Waals surface area contributed by atoms with Gasteiger partial charge in [0, 0.05) is 22.8 Å². The first-order valence-corrected chi connectivity index (χ1v) is 9.00. The zero-order valence-electron chi connectivity index (χ0n) is 13.8. The van der Waals surface area contributed by atoms with Crippen molar-refractivity contribution in [1.29, 1.82) is 0 Å². The van der Waals surface area contributed by atoms with Crippen molar-refractivity contribution in [3.63, 3.8) is 0 Å². The lowest BCUT2D eigenvalue weighted by Gasteiger charge is -2.28. The molecule has 122 valence electrons. The largest absolute Gasteiger partial charge is 0.303 e. The Morgan fingerprint density at radius 2 is 1.78 bits per heavy atom. The average Bonchev–Trinajstić information content (AvgIpc) is 2.58. The Kier molecular flexibility index (Phi) is 5.69. The van der Waals surface area contributed by atoms with Crippen molar-refractivity contribution in [2.45, 2.75) is 38.5 Å². The molecule has 2 aromatic rings. The van der Waals surface area contributed by atoms with Crippen LogP contribution in [0.15, 0.2) is 42.6 Å². The number of piperidine rings is 1. The minimum absolute atomic E-state index is 0.413. The lowest BCUT2D eigenvalue weighted by molar-refractivity contribution is 0.223. The fourth-order valence-electron chi connectivity index (χ4n) is 3.50. The maximum Gasteiger partial charge on any atom is 0.0406 e. The van der Waals surface area contributed by atoms with Crippen LogP contribution in [0.25, 0.3) is 0 Å². The summed E-state index contributed by atoms with van der Waals surface area (Å²) in [6.45, 7) is 5.73. The van der Waals surface area contributed by atoms with Gasteiger partial charge in [0.25, 0.3) is 0 Å². The van der Waals surface area contributed by atoms with Gasteiger partial charge in [-0.1, -0.05) is 30.2 Å². The monoisotopic (exact) mass is 328 g/mol. The van der Waals surface area contributed by atoms with Crippen molar-refractivity contribution in [2.24, 2.45) is 0 Å². The third kappa shape index (κ3) is 4.55. The van der Waals surface area contributed by atoms with E-state index < -0.39 is 0 Å². The van der Waals surface area contributed by atoms with E-state index in [9.17, 15) is 0 Å². The lowest BCUT2D eigenvalue weighted by Crippen LogP contribution is -2.31. The summed E-state index contributed by atoms with van der Waals surface area (Å²) < 4.78 is 0. The Morgan fingerprint density at radius 3 is 2.48 bits per heavy atom. The van der Waals surface area contributed by atoms with Gasteiger partial charge in [0.05, 0.1) is 0 Å². The van der Waals surface area contributed by atoms with Crippen LogP contribution in [0, 0.1) is 6.92 Å². The molecule has 3 heteroatoms. The van der Waals surface area contributed by atoms with Crippen molar-refractivity contribution in [3.05, 3.63) is 64.4 Å². The maximum absolute atomic E-state index is 6.07. The molecule has 1 aromatic heterocycles. The smallest absolute Gasteiger partial charge is 0.0406 e. The van der Waals surface area contributed by atoms with Crippen molar-refractivity contribution in [3.8, 4) is 0 Å². The zero-order chi connectivity index (χ0) is 16.1. The Hall–Kier alpha value is -1.38. The molecule has 0 saturated carbocycles. The zero-order valence-corrected chi connectivity index (χ0v) is 14.6. The molecule has 1 aliphatic rings. The SMILES string of the molecule is Cc1cc(C(CCN2CCCCC2)c2ccc(Cl)cc2)ccn1. The van der Waals surface area contributed by atoms with Crippen LogP contribution in [0.3, 0.4) is 0 Å². The minimum atomic E-state index is 0.413. The molecule has 2 heterocycles. The predicted molar refractivity (Wildman–Crippen MR) is 97.2 cm³/mol. The Labute approximate surface area is 144 Å². The summed E-state index contributed by atoms with van der Waals surface area (Å²) in [5.74, 6) is 0.413. The van der Waals surface area contributed by atoms with E-state index in [0.717, 1.165) is 23.7 Å². The fourth-order valence-corrected chi connectivity index (χ4v) is 3.63. The summed E-state index contributed by atoms with van der Waals surface area (Å²) >= 11 is 6.07. The van der Waals surface area contributed by atoms with Crippen molar-refractivity contribution < 1.29 is 0 Å². The molecule has 0 amide bonds. The molecule has 1 aromatic carbocycles. The maximum atomic E-state index is 6.07. The van der Waals surface area contributed by atoms with Crippen molar-refractivity contribution in [1.82, 2.24) is 9.88 Å². The van der Waals surface area contributed by atoms with E-state index in [1.54, 1.807) is 0 Å². The van der Waals surface area contributed by atoms with E-state index in [2.05, 4.69) is 41.1 Å². The lowest BCUT2D eigenvalue weighted by atomic mass is 9.88. The van der Waals surface area contributed by atoms with E-state index in [4.69, 9.17) is 11.6 Å². The van der Waals surface area contributed by atoms with Crippen LogP contribution < -0.4 is 0 Å². The molecule has 1 unspecified atom stereocenters. The molecule has 1 atom stereocenters. The third-order valence-electron chi connectivity index (χ3n) is 4.78. The first kappa shape index (κ1) is 16.5. The Bertz CT molecular complexity index is 618. The summed E-state index contributed by atoms with van der Waals surface area (Å²) in [6.07, 6.45) is 7.15. The van der Waals surface area contributed by atoms with E-state index >= 15 is 0 Å². The van der Waals surface area contributed by atoms with Gasteiger partial charge < -0.3 is 4.90 Å². The van der Waals surface area contributed by atoms with Crippen LogP contribution in [-0.4, -0.2) is 29.5 Å². The van der Waals surface area contributed by atoms with Crippen molar-refractivity contribution in [2.75, 3.05) is 19.6 Å². The van der Waals surface area contributed by atoms with Gasteiger partial charge in [-0.2, -0.15) is 0 Å². The first-order chi connectivity index (χ1) is 11.2. The van der Waals surface area contributed by atoms with Crippen LogP contribution in [-0.2, 0) is 0 Å². The van der Waals surface area contributed by atoms with Crippen LogP contribution in [0.4, 0.5) is 0 Å². The molecule has 0 N–H and O–H groups in total. The van der Waals surface area contributed by atoms with Gasteiger partial charge in [-0.15, -0.1) is 0 Å². The number of aromatic nitrogens is 1. The van der Waals surface area contributed by atoms with Crippen LogP contribution in [0.5, 0.6) is 0 Å². The highest BCUT2D eigenvalue weighted by molar-refractivity contribution is 6.30. The third-order valence-corrected chi connectivity index (χ3v) is 5.03. The number of hydrogen-bond acceptors (Lipinski definition) is 2. The quantitative estimate of drug-likeness (QED) is 0.763. The molecule has 1 fully saturated rings. The Morgan fingerprint density at radius 1 is 1.04 bits per heavy atom. The highest BCUT2D eigenvalue weighted by atomic mass is 35.5. The van der Waals surface area contributed by atoms with Crippen LogP contribution in [0.2, 0.25) is 5.02 Å². The molecular weight excluding hydrogens is 304 g/mol. The number of hydrogen-bond donors (Lipinski definition) is 0. The summed E-state index contributed by atoms with van der Waals surface area (Å²) in [6, 6.07) is 12.7. The molecule has 0 radical (unpaired) electrons. The molecule has 0 spiro atoms. The van der Waals surface area contributed by atoms with Crippen molar-refractivity contribution >= 4 is 11.6 Å². The molecule has 0 bridgehead atoms. The van der Waals surface area contributed by atoms with Gasteiger partial charge in [-0.3, -0.25) is 4.98 Å². The summed E-state index contributed by atoms with van der Waals surface area (Å²) in [4.78, 5) is 6.96. The molecule has 2 nitrogen and oxygen atoms in total. The molecule has 1 aliphatic heterocycles. The fraction of sp³-hybridized carbons (Fsp3) is 0.450. The second-order valence-corrected chi connectivity index (χ2v) is 6.96. The highest BCUT2D eigenvalue weighted by Crippen LogP contribution is 2.29. The van der Waals surface area contributed by atoms with E-state index in [1.165, 1.54) is 43.5 Å². The van der Waals surface area contributed by atoms with Gasteiger partial charge in [0.1, 0.15) is 0 Å². The topological polar surface area (TPSA) is 16.1 Å². The van der Waals surface area contributed by atoms with Gasteiger partial charge in [0.15, 0.2) is 0 Å². The number of nitrogens with zero attached hydrogens (tertiary/aromatic N) is 2. The van der Waals surface area contributed by atoms with Gasteiger partial charge in [-0.05, 0) is 81.2 Å². The number of halogens is 1. The number of benzene rings is 1. The molecule has 1 saturated heterocycles. The molecule has 23 heavy (non-hydrogen) atoms. The molecule has 0 aliphatic carbocycles. The normalized spacial score (nSPS) is 17.1. The van der Waals surface area contributed by atoms with Gasteiger partial charge in [-0.25, -0.2) is 0 Å². The second kappa shape index (κ2) is 7.94. The summed E-state index contributed by atoms with van der Waals surface area (Å²) in [5, 5.41) is 0.800. The van der Waals surface area contributed by atoms with Crippen LogP contribution in [0.1, 0.15) is 48.4 Å². The predicted octanol–water partition coefficient (Wildman–Crippen LogP) is 5.05. The van der Waals surface area contributed by atoms with Gasteiger partial charge >= 0.3 is 0 Å². The van der Waals surface area contributed by atoms with Crippen LogP contribution >= 0.6 is 11.6 Å². The second-order valence-electron chi connectivity index (χ2n) is 6.53. The average molecular weight is 329 g/mol.